The molecule has 0 aromatic heterocycles. The van der Waals surface area contributed by atoms with Crippen molar-refractivity contribution in [3.63, 3.8) is 0 Å². The van der Waals surface area contributed by atoms with Gasteiger partial charge in [-0.2, -0.15) is 0 Å². The number of carboxylic acids is 1. The molecule has 0 bridgehead atoms. The Morgan fingerprint density at radius 1 is 1.14 bits per heavy atom. The van der Waals surface area contributed by atoms with Gasteiger partial charge in [-0.3, -0.25) is 0 Å². The zero-order valence-corrected chi connectivity index (χ0v) is 14.0. The predicted octanol–water partition coefficient (Wildman–Crippen LogP) is 2.19. The molecule has 22 heavy (non-hydrogen) atoms. The van der Waals surface area contributed by atoms with Crippen LogP contribution >= 0.6 is 0 Å². The number of likely N-dealkylation sites (tertiary alicyclic amines) is 1. The average molecular weight is 310 g/mol. The van der Waals surface area contributed by atoms with E-state index in [0.29, 0.717) is 12.5 Å². The van der Waals surface area contributed by atoms with Crippen LogP contribution in [0.4, 0.5) is 4.79 Å². The van der Waals surface area contributed by atoms with Crippen LogP contribution in [-0.2, 0) is 9.53 Å². The highest BCUT2D eigenvalue weighted by Gasteiger charge is 2.38. The summed E-state index contributed by atoms with van der Waals surface area (Å²) in [7, 11) is 0. The van der Waals surface area contributed by atoms with Crippen molar-refractivity contribution >= 4 is 12.1 Å². The molecule has 126 valence electrons. The lowest BCUT2D eigenvalue weighted by molar-refractivity contribution is -0.312. The van der Waals surface area contributed by atoms with E-state index in [9.17, 15) is 14.7 Å². The summed E-state index contributed by atoms with van der Waals surface area (Å²) < 4.78 is 5.36. The van der Waals surface area contributed by atoms with E-state index < -0.39 is 23.6 Å². The summed E-state index contributed by atoms with van der Waals surface area (Å²) in [4.78, 5) is 25.1. The van der Waals surface area contributed by atoms with Gasteiger partial charge in [0.05, 0.1) is 0 Å². The molecule has 1 aliphatic heterocycles. The maximum Gasteiger partial charge on any atom is 0.410 e. The molecule has 1 saturated carbocycles. The van der Waals surface area contributed by atoms with E-state index in [4.69, 9.17) is 4.74 Å². The van der Waals surface area contributed by atoms with Crippen molar-refractivity contribution in [2.45, 2.75) is 64.9 Å². The topological polar surface area (TPSA) is 69.7 Å². The molecule has 2 aliphatic rings. The Morgan fingerprint density at radius 3 is 2.32 bits per heavy atom. The molecular weight excluding hydrogens is 282 g/mol. The van der Waals surface area contributed by atoms with Crippen LogP contribution in [0.1, 0.15) is 59.3 Å². The second kappa shape index (κ2) is 6.88. The Kier molecular flexibility index (Phi) is 5.35. The summed E-state index contributed by atoms with van der Waals surface area (Å²) in [6.07, 6.45) is 6.61. The van der Waals surface area contributed by atoms with Crippen LogP contribution in [0, 0.1) is 17.8 Å². The summed E-state index contributed by atoms with van der Waals surface area (Å²) in [5, 5.41) is 11.4. The zero-order chi connectivity index (χ0) is 16.3. The van der Waals surface area contributed by atoms with Gasteiger partial charge in [0.1, 0.15) is 5.60 Å². The molecule has 0 unspecified atom stereocenters. The number of carbonyl (C=O) groups excluding carboxylic acids is 2. The predicted molar refractivity (Wildman–Crippen MR) is 81.0 cm³/mol. The van der Waals surface area contributed by atoms with Crippen LogP contribution < -0.4 is 5.11 Å². The number of amides is 1. The molecule has 1 saturated heterocycles. The molecule has 2 fully saturated rings. The van der Waals surface area contributed by atoms with Crippen molar-refractivity contribution in [2.75, 3.05) is 13.1 Å². The summed E-state index contributed by atoms with van der Waals surface area (Å²) >= 11 is 0. The van der Waals surface area contributed by atoms with E-state index in [2.05, 4.69) is 0 Å². The van der Waals surface area contributed by atoms with Gasteiger partial charge in [0.25, 0.3) is 0 Å². The second-order valence-corrected chi connectivity index (χ2v) is 7.81. The molecule has 5 nitrogen and oxygen atoms in total. The van der Waals surface area contributed by atoms with Crippen molar-refractivity contribution in [3.8, 4) is 0 Å². The van der Waals surface area contributed by atoms with Crippen molar-refractivity contribution in [3.05, 3.63) is 0 Å². The Morgan fingerprint density at radius 2 is 1.77 bits per heavy atom. The van der Waals surface area contributed by atoms with Crippen LogP contribution in [0.5, 0.6) is 0 Å². The van der Waals surface area contributed by atoms with Crippen molar-refractivity contribution < 1.29 is 19.4 Å². The lowest BCUT2D eigenvalue weighted by Gasteiger charge is -2.27. The first kappa shape index (κ1) is 17.1. The highest BCUT2D eigenvalue weighted by molar-refractivity contribution is 5.73. The fraction of sp³-hybridized carbons (Fsp3) is 0.882. The van der Waals surface area contributed by atoms with Gasteiger partial charge in [0.15, 0.2) is 0 Å². The van der Waals surface area contributed by atoms with Gasteiger partial charge in [-0.25, -0.2) is 4.79 Å². The molecule has 1 aliphatic carbocycles. The molecule has 0 spiro atoms. The van der Waals surface area contributed by atoms with Gasteiger partial charge in [-0.1, -0.05) is 32.1 Å². The SMILES string of the molecule is CC(C)(C)OC(=O)N1C[C@H](CC2CCCCC2)[C@@H](C(=O)[O-])C1. The Bertz CT molecular complexity index is 409. The number of hydrogen-bond donors (Lipinski definition) is 0. The second-order valence-electron chi connectivity index (χ2n) is 7.81. The standard InChI is InChI=1S/C17H29NO4/c1-17(2,3)22-16(21)18-10-13(14(11-18)15(19)20)9-12-7-5-4-6-8-12/h12-14H,4-11H2,1-3H3,(H,19,20)/p-1/t13-,14-/m0/s1. The third-order valence-corrected chi connectivity index (χ3v) is 4.76. The summed E-state index contributed by atoms with van der Waals surface area (Å²) in [5.41, 5.74) is -0.560. The summed E-state index contributed by atoms with van der Waals surface area (Å²) in [6, 6.07) is 0. The van der Waals surface area contributed by atoms with Crippen molar-refractivity contribution in [2.24, 2.45) is 17.8 Å². The highest BCUT2D eigenvalue weighted by atomic mass is 16.6. The van der Waals surface area contributed by atoms with Gasteiger partial charge in [0, 0.05) is 25.0 Å². The van der Waals surface area contributed by atoms with Crippen LogP contribution in [-0.4, -0.2) is 35.7 Å². The minimum Gasteiger partial charge on any atom is -0.550 e. The molecular formula is C17H28NO4-. The monoisotopic (exact) mass is 310 g/mol. The van der Waals surface area contributed by atoms with Crippen LogP contribution in [0.2, 0.25) is 0 Å². The lowest BCUT2D eigenvalue weighted by Crippen LogP contribution is -2.38. The molecule has 1 heterocycles. The summed E-state index contributed by atoms with van der Waals surface area (Å²) in [5.74, 6) is -0.999. The number of nitrogens with zero attached hydrogens (tertiary/aromatic N) is 1. The van der Waals surface area contributed by atoms with Crippen LogP contribution in [0.15, 0.2) is 0 Å². The third-order valence-electron chi connectivity index (χ3n) is 4.76. The number of rotatable bonds is 3. The van der Waals surface area contributed by atoms with E-state index in [1.54, 1.807) is 4.90 Å². The van der Waals surface area contributed by atoms with E-state index in [-0.39, 0.29) is 12.5 Å². The van der Waals surface area contributed by atoms with Gasteiger partial charge >= 0.3 is 6.09 Å². The molecule has 1 amide bonds. The van der Waals surface area contributed by atoms with Gasteiger partial charge in [-0.15, -0.1) is 0 Å². The normalized spacial score (nSPS) is 27.0. The van der Waals surface area contributed by atoms with Crippen molar-refractivity contribution in [1.82, 2.24) is 4.90 Å². The number of ether oxygens (including phenoxy) is 1. The minimum atomic E-state index is -1.04. The maximum atomic E-state index is 12.2. The van der Waals surface area contributed by atoms with Crippen molar-refractivity contribution in [1.29, 1.82) is 0 Å². The first-order valence-electron chi connectivity index (χ1n) is 8.45. The zero-order valence-electron chi connectivity index (χ0n) is 14.0. The largest absolute Gasteiger partial charge is 0.550 e. The first-order valence-corrected chi connectivity index (χ1v) is 8.45. The number of hydrogen-bond acceptors (Lipinski definition) is 4. The van der Waals surface area contributed by atoms with Gasteiger partial charge in [0.2, 0.25) is 0 Å². The summed E-state index contributed by atoms with van der Waals surface area (Å²) in [6.45, 7) is 6.14. The fourth-order valence-corrected chi connectivity index (χ4v) is 3.70. The minimum absolute atomic E-state index is 0.000573. The quantitative estimate of drug-likeness (QED) is 0.801. The highest BCUT2D eigenvalue weighted by Crippen LogP contribution is 2.35. The fourth-order valence-electron chi connectivity index (χ4n) is 3.70. The van der Waals surface area contributed by atoms with Gasteiger partial charge in [-0.05, 0) is 39.0 Å². The Hall–Kier alpha value is -1.26. The molecule has 0 aromatic carbocycles. The van der Waals surface area contributed by atoms with Crippen LogP contribution in [0.3, 0.4) is 0 Å². The Labute approximate surface area is 133 Å². The molecule has 0 N–H and O–H groups in total. The molecule has 0 aromatic rings. The molecule has 2 atom stereocenters. The molecule has 0 radical (unpaired) electrons. The lowest BCUT2D eigenvalue weighted by atomic mass is 9.80. The number of carboxylic acid groups (broad SMARTS) is 1. The Balaban J connectivity index is 1.96. The third kappa shape index (κ3) is 4.62. The molecule has 2 rings (SSSR count). The molecule has 5 heteroatoms. The van der Waals surface area contributed by atoms with E-state index in [1.807, 2.05) is 20.8 Å². The first-order chi connectivity index (χ1) is 10.3. The number of aliphatic carboxylic acids is 1. The number of carbonyl (C=O) groups is 2. The van der Waals surface area contributed by atoms with E-state index in [1.165, 1.54) is 32.1 Å². The maximum absolute atomic E-state index is 12.2. The van der Waals surface area contributed by atoms with Gasteiger partial charge < -0.3 is 19.5 Å². The van der Waals surface area contributed by atoms with E-state index >= 15 is 0 Å². The van der Waals surface area contributed by atoms with E-state index in [0.717, 1.165) is 6.42 Å². The average Bonchev–Trinajstić information content (AvgIpc) is 2.82. The van der Waals surface area contributed by atoms with Crippen LogP contribution in [0.25, 0.3) is 0 Å². The smallest absolute Gasteiger partial charge is 0.410 e.